The molecular formula is C36H70O33. The van der Waals surface area contributed by atoms with E-state index in [9.17, 15) is 107 Å². The quantitative estimate of drug-likeness (QED) is 0.0538. The van der Waals surface area contributed by atoms with Gasteiger partial charge < -0.3 is 166 Å². The van der Waals surface area contributed by atoms with Gasteiger partial charge in [-0.3, -0.25) is 0 Å². The molecule has 0 aromatic heterocycles. The number of hydrogen-bond acceptors (Lipinski definition) is 33. The van der Waals surface area contributed by atoms with Gasteiger partial charge in [0.25, 0.3) is 0 Å². The van der Waals surface area contributed by atoms with Crippen LogP contribution in [0, 0.1) is 0 Å². The lowest BCUT2D eigenvalue weighted by Crippen LogP contribution is -2.61. The number of aliphatic hydroxyl groups excluding tert-OH is 26. The molecule has 33 nitrogen and oxygen atoms in total. The summed E-state index contributed by atoms with van der Waals surface area (Å²) in [6.45, 7) is -5.41. The molecule has 0 saturated carbocycles. The second kappa shape index (κ2) is 30.1. The van der Waals surface area contributed by atoms with E-state index in [4.69, 9.17) is 58.7 Å². The van der Waals surface area contributed by atoms with Crippen molar-refractivity contribution in [2.45, 2.75) is 172 Å². The first-order valence-electron chi connectivity index (χ1n) is 21.1. The fourth-order valence-electron chi connectivity index (χ4n) is 6.58. The standard InChI is InChI=1S/C12H22O11.2C12H24O11/c13-1-3-5(14)8(17)10(19)12(23-3)21-2-4-6(15)7(16)9(18)11(20)22-4;2*13-1-4(15)7(17)8(18)5(16)3-22-12-11(21)10(20)9(19)6(2-14)23-12/h3-20H,1-2H2;2*4-21H,1-3H2/t3?,4?,5-,6+,7-,8-,9?,10?,11?,12-;4-,5+,6?,7-,8+,9-,10+,11?,12+;4-,5-,6?,7+,8-,9+,10-,11?,12-/m010/s1. The molecular weight excluding hydrogens is 960 g/mol. The third kappa shape index (κ3) is 17.1. The first-order chi connectivity index (χ1) is 32.2. The van der Waals surface area contributed by atoms with Crippen molar-refractivity contribution in [3.05, 3.63) is 0 Å². The smallest absolute Gasteiger partial charge is 0.186 e. The van der Waals surface area contributed by atoms with Crippen molar-refractivity contribution in [2.24, 2.45) is 0 Å². The number of ether oxygens (including phenoxy) is 7. The highest BCUT2D eigenvalue weighted by Crippen LogP contribution is 2.26. The highest BCUT2D eigenvalue weighted by molar-refractivity contribution is 4.93. The molecule has 4 fully saturated rings. The van der Waals surface area contributed by atoms with Crippen LogP contribution in [0.4, 0.5) is 0 Å². The minimum absolute atomic E-state index is 0.468. The van der Waals surface area contributed by atoms with E-state index in [2.05, 4.69) is 0 Å². The predicted octanol–water partition coefficient (Wildman–Crippen LogP) is -16.9. The van der Waals surface area contributed by atoms with Crippen molar-refractivity contribution < 1.29 is 166 Å². The molecule has 0 aromatic rings. The SMILES string of the molecule is OCC1O[C@H](OCC2OC(O)C(O)[C@@H](O)[C@@H]2O)C(O)[C@@H](O)[C@H]1O.OCC1O[C@H](OC[C@H](O)[C@H](O)[C@H](O)[C@@H](O)CO)C(O)[C@@H](O)[C@@H]1O.OCC1O[C@H](OC[C@H](O)[C@H](O)[C@H](O)[C@H](O)CO)C(O)[C@@H](O)[C@@H]1O. The molecule has 4 aliphatic heterocycles. The van der Waals surface area contributed by atoms with E-state index >= 15 is 0 Å². The normalized spacial score (nSPS) is 42.0. The highest BCUT2D eigenvalue weighted by atomic mass is 16.7. The summed E-state index contributed by atoms with van der Waals surface area (Å²) in [6.07, 6.45) is -44.7. The van der Waals surface area contributed by atoms with Crippen molar-refractivity contribution >= 4 is 0 Å². The van der Waals surface area contributed by atoms with Gasteiger partial charge in [-0.1, -0.05) is 0 Å². The maximum Gasteiger partial charge on any atom is 0.186 e. The molecule has 0 spiro atoms. The highest BCUT2D eigenvalue weighted by Gasteiger charge is 2.48. The maximum atomic E-state index is 9.78. The first-order valence-corrected chi connectivity index (χ1v) is 21.1. The lowest BCUT2D eigenvalue weighted by atomic mass is 9.98. The van der Waals surface area contributed by atoms with E-state index in [0.717, 1.165) is 0 Å². The lowest BCUT2D eigenvalue weighted by Gasteiger charge is -2.41. The summed E-state index contributed by atoms with van der Waals surface area (Å²) in [5.74, 6) is 0. The van der Waals surface area contributed by atoms with Gasteiger partial charge in [-0.05, 0) is 0 Å². The van der Waals surface area contributed by atoms with Gasteiger partial charge in [0.1, 0.15) is 146 Å². The molecule has 0 bridgehead atoms. The molecule has 0 aromatic carbocycles. The van der Waals surface area contributed by atoms with E-state index in [1.165, 1.54) is 0 Å². The van der Waals surface area contributed by atoms with Crippen LogP contribution >= 0.6 is 0 Å². The van der Waals surface area contributed by atoms with Gasteiger partial charge in [-0.2, -0.15) is 0 Å². The van der Waals surface area contributed by atoms with Gasteiger partial charge in [0.15, 0.2) is 25.2 Å². The van der Waals surface area contributed by atoms with Gasteiger partial charge in [0, 0.05) is 0 Å². The van der Waals surface area contributed by atoms with Gasteiger partial charge in [-0.25, -0.2) is 0 Å². The molecule has 0 amide bonds. The lowest BCUT2D eigenvalue weighted by molar-refractivity contribution is -0.325. The van der Waals surface area contributed by atoms with Crippen LogP contribution in [0.15, 0.2) is 0 Å². The maximum absolute atomic E-state index is 9.78. The minimum atomic E-state index is -1.86. The second-order valence-electron chi connectivity index (χ2n) is 16.2. The number of aliphatic hydroxyl groups is 26. The third-order valence-electron chi connectivity index (χ3n) is 11.2. The van der Waals surface area contributed by atoms with Crippen molar-refractivity contribution in [1.29, 1.82) is 0 Å². The Morgan fingerprint density at radius 1 is 0.304 bits per heavy atom. The first kappa shape index (κ1) is 63.8. The largest absolute Gasteiger partial charge is 0.394 e. The van der Waals surface area contributed by atoms with Gasteiger partial charge in [0.05, 0.1) is 52.9 Å². The van der Waals surface area contributed by atoms with Crippen molar-refractivity contribution in [3.63, 3.8) is 0 Å². The molecule has 28 atom stereocenters. The molecule has 0 aliphatic carbocycles. The second-order valence-corrected chi connectivity index (χ2v) is 16.2. The van der Waals surface area contributed by atoms with Crippen molar-refractivity contribution in [2.75, 3.05) is 52.9 Å². The van der Waals surface area contributed by atoms with Crippen molar-refractivity contribution in [3.8, 4) is 0 Å². The topological polar surface area (TPSA) is 591 Å². The van der Waals surface area contributed by atoms with Crippen LogP contribution in [-0.4, -0.2) is 357 Å². The molecule has 9 unspecified atom stereocenters. The minimum Gasteiger partial charge on any atom is -0.394 e. The monoisotopic (exact) mass is 1030 g/mol. The van der Waals surface area contributed by atoms with E-state index in [1.807, 2.05) is 0 Å². The van der Waals surface area contributed by atoms with Crippen LogP contribution in [0.3, 0.4) is 0 Å². The Morgan fingerprint density at radius 3 is 0.884 bits per heavy atom. The fourth-order valence-corrected chi connectivity index (χ4v) is 6.58. The molecule has 412 valence electrons. The summed E-state index contributed by atoms with van der Waals surface area (Å²) in [4.78, 5) is 0. The zero-order valence-electron chi connectivity index (χ0n) is 36.3. The molecule has 4 saturated heterocycles. The van der Waals surface area contributed by atoms with Crippen LogP contribution in [0.25, 0.3) is 0 Å². The van der Waals surface area contributed by atoms with Crippen LogP contribution in [0.5, 0.6) is 0 Å². The average Bonchev–Trinajstić information content (AvgIpc) is 3.35. The Morgan fingerprint density at radius 2 is 0.580 bits per heavy atom. The van der Waals surface area contributed by atoms with Crippen LogP contribution in [0.2, 0.25) is 0 Å². The molecule has 4 rings (SSSR count). The van der Waals surface area contributed by atoms with E-state index < -0.39 is 225 Å². The Hall–Kier alpha value is -1.32. The van der Waals surface area contributed by atoms with Crippen LogP contribution in [-0.2, 0) is 33.2 Å². The van der Waals surface area contributed by atoms with Crippen molar-refractivity contribution in [1.82, 2.24) is 0 Å². The average molecular weight is 1030 g/mol. The third-order valence-corrected chi connectivity index (χ3v) is 11.2. The molecule has 26 N–H and O–H groups in total. The molecule has 4 aliphatic rings. The Labute approximate surface area is 390 Å². The number of hydrogen-bond donors (Lipinski definition) is 26. The summed E-state index contributed by atoms with van der Waals surface area (Å²) in [5, 5.41) is 245. The summed E-state index contributed by atoms with van der Waals surface area (Å²) >= 11 is 0. The zero-order chi connectivity index (χ0) is 52.8. The Balaban J connectivity index is 0.000000355. The predicted molar refractivity (Wildman–Crippen MR) is 210 cm³/mol. The fraction of sp³-hybridized carbons (Fsp3) is 1.00. The van der Waals surface area contributed by atoms with E-state index in [-0.39, 0.29) is 0 Å². The molecule has 4 heterocycles. The Bertz CT molecular complexity index is 1310. The summed E-state index contributed by atoms with van der Waals surface area (Å²) in [5.41, 5.74) is 0. The number of rotatable bonds is 20. The van der Waals surface area contributed by atoms with Gasteiger partial charge >= 0.3 is 0 Å². The van der Waals surface area contributed by atoms with E-state index in [0.29, 0.717) is 0 Å². The Kier molecular flexibility index (Phi) is 27.9. The summed E-state index contributed by atoms with van der Waals surface area (Å²) in [7, 11) is 0. The molecule has 33 heteroatoms. The summed E-state index contributed by atoms with van der Waals surface area (Å²) in [6, 6.07) is 0. The van der Waals surface area contributed by atoms with Crippen LogP contribution < -0.4 is 0 Å². The molecule has 0 radical (unpaired) electrons. The van der Waals surface area contributed by atoms with E-state index in [1.54, 1.807) is 0 Å². The van der Waals surface area contributed by atoms with Gasteiger partial charge in [-0.15, -0.1) is 0 Å². The molecule has 69 heavy (non-hydrogen) atoms. The van der Waals surface area contributed by atoms with Crippen LogP contribution in [0.1, 0.15) is 0 Å². The zero-order valence-corrected chi connectivity index (χ0v) is 36.3. The van der Waals surface area contributed by atoms with Gasteiger partial charge in [0.2, 0.25) is 0 Å². The summed E-state index contributed by atoms with van der Waals surface area (Å²) < 4.78 is 35.1.